The van der Waals surface area contributed by atoms with Crippen LogP contribution in [0.3, 0.4) is 0 Å². The van der Waals surface area contributed by atoms with Crippen LogP contribution in [0.4, 0.5) is 23.1 Å². The predicted molar refractivity (Wildman–Crippen MR) is 112 cm³/mol. The van der Waals surface area contributed by atoms with E-state index in [9.17, 15) is 0 Å². The summed E-state index contributed by atoms with van der Waals surface area (Å²) in [7, 11) is 0. The maximum atomic E-state index is 4.56. The van der Waals surface area contributed by atoms with Crippen LogP contribution in [0.5, 0.6) is 0 Å². The zero-order chi connectivity index (χ0) is 18.5. The Bertz CT molecular complexity index is 868. The smallest absolute Gasteiger partial charge is 0.229 e. The first kappa shape index (κ1) is 17.3. The maximum Gasteiger partial charge on any atom is 0.229 e. The minimum absolute atomic E-state index is 0.595. The van der Waals surface area contributed by atoms with Crippen LogP contribution in [-0.2, 0) is 6.54 Å². The monoisotopic (exact) mass is 359 g/mol. The van der Waals surface area contributed by atoms with Gasteiger partial charge in [0.2, 0.25) is 5.95 Å². The Labute approximate surface area is 160 Å². The highest BCUT2D eigenvalue weighted by molar-refractivity contribution is 5.60. The fraction of sp³-hybridized carbons (Fsp3) is 0.273. The Balaban J connectivity index is 1.37. The SMILES string of the molecule is Cc1ccc(CNc2ccnc(Nc3ccc(N4CCCC4)cc3)n2)cc1. The quantitative estimate of drug-likeness (QED) is 0.666. The van der Waals surface area contributed by atoms with Gasteiger partial charge in [-0.3, -0.25) is 0 Å². The van der Waals surface area contributed by atoms with E-state index in [-0.39, 0.29) is 0 Å². The van der Waals surface area contributed by atoms with Gasteiger partial charge in [0.05, 0.1) is 0 Å². The number of aromatic nitrogens is 2. The van der Waals surface area contributed by atoms with Gasteiger partial charge in [0, 0.05) is 37.2 Å². The van der Waals surface area contributed by atoms with Crippen LogP contribution in [-0.4, -0.2) is 23.1 Å². The van der Waals surface area contributed by atoms with Gasteiger partial charge in [-0.05, 0) is 55.7 Å². The third-order valence-electron chi connectivity index (χ3n) is 4.84. The van der Waals surface area contributed by atoms with E-state index >= 15 is 0 Å². The van der Waals surface area contributed by atoms with E-state index in [1.54, 1.807) is 6.20 Å². The first-order valence-electron chi connectivity index (χ1n) is 9.51. The van der Waals surface area contributed by atoms with Crippen molar-refractivity contribution in [3.63, 3.8) is 0 Å². The van der Waals surface area contributed by atoms with Gasteiger partial charge in [-0.15, -0.1) is 0 Å². The number of benzene rings is 2. The van der Waals surface area contributed by atoms with E-state index in [2.05, 4.69) is 81.0 Å². The van der Waals surface area contributed by atoms with Gasteiger partial charge in [0.25, 0.3) is 0 Å². The zero-order valence-corrected chi connectivity index (χ0v) is 15.7. The van der Waals surface area contributed by atoms with Gasteiger partial charge < -0.3 is 15.5 Å². The van der Waals surface area contributed by atoms with Crippen LogP contribution in [0.1, 0.15) is 24.0 Å². The third kappa shape index (κ3) is 4.56. The summed E-state index contributed by atoms with van der Waals surface area (Å²) >= 11 is 0. The lowest BCUT2D eigenvalue weighted by molar-refractivity contribution is 0.949. The molecule has 138 valence electrons. The minimum Gasteiger partial charge on any atom is -0.372 e. The van der Waals surface area contributed by atoms with Gasteiger partial charge in [-0.2, -0.15) is 4.98 Å². The minimum atomic E-state index is 0.595. The molecule has 0 unspecified atom stereocenters. The van der Waals surface area contributed by atoms with E-state index in [0.29, 0.717) is 5.95 Å². The maximum absolute atomic E-state index is 4.56. The molecule has 0 atom stereocenters. The molecule has 5 heteroatoms. The number of rotatable bonds is 6. The number of anilines is 4. The molecule has 1 aromatic heterocycles. The zero-order valence-electron chi connectivity index (χ0n) is 15.7. The van der Waals surface area contributed by atoms with Crippen molar-refractivity contribution in [2.45, 2.75) is 26.3 Å². The summed E-state index contributed by atoms with van der Waals surface area (Å²) in [6.45, 7) is 5.15. The van der Waals surface area contributed by atoms with Crippen LogP contribution < -0.4 is 15.5 Å². The molecule has 1 fully saturated rings. The Morgan fingerprint density at radius 3 is 2.41 bits per heavy atom. The topological polar surface area (TPSA) is 53.1 Å². The molecule has 0 saturated carbocycles. The van der Waals surface area contributed by atoms with E-state index in [4.69, 9.17) is 0 Å². The molecule has 27 heavy (non-hydrogen) atoms. The molecule has 1 aliphatic heterocycles. The molecule has 1 aliphatic rings. The molecule has 0 aliphatic carbocycles. The second-order valence-electron chi connectivity index (χ2n) is 6.97. The second kappa shape index (κ2) is 8.08. The number of nitrogens with one attached hydrogen (secondary N) is 2. The Morgan fingerprint density at radius 2 is 1.67 bits per heavy atom. The number of hydrogen-bond acceptors (Lipinski definition) is 5. The van der Waals surface area contributed by atoms with Crippen molar-refractivity contribution in [3.05, 3.63) is 71.9 Å². The lowest BCUT2D eigenvalue weighted by Gasteiger charge is -2.17. The second-order valence-corrected chi connectivity index (χ2v) is 6.97. The summed E-state index contributed by atoms with van der Waals surface area (Å²) < 4.78 is 0. The lowest BCUT2D eigenvalue weighted by atomic mass is 10.1. The summed E-state index contributed by atoms with van der Waals surface area (Å²) in [6, 6.07) is 18.9. The number of nitrogens with zero attached hydrogens (tertiary/aromatic N) is 3. The third-order valence-corrected chi connectivity index (χ3v) is 4.84. The molecule has 0 spiro atoms. The predicted octanol–water partition coefficient (Wildman–Crippen LogP) is 4.74. The summed E-state index contributed by atoms with van der Waals surface area (Å²) in [5, 5.41) is 6.64. The van der Waals surface area contributed by atoms with Crippen LogP contribution in [0.15, 0.2) is 60.8 Å². The van der Waals surface area contributed by atoms with Crippen molar-refractivity contribution < 1.29 is 0 Å². The summed E-state index contributed by atoms with van der Waals surface area (Å²) in [6.07, 6.45) is 4.35. The van der Waals surface area contributed by atoms with Gasteiger partial charge in [-0.25, -0.2) is 4.98 Å². The molecule has 2 heterocycles. The molecule has 0 amide bonds. The molecule has 0 bridgehead atoms. The van der Waals surface area contributed by atoms with Crippen molar-refractivity contribution in [1.29, 1.82) is 0 Å². The standard InChI is InChI=1S/C22H25N5/c1-17-4-6-18(7-5-17)16-24-21-12-13-23-22(26-21)25-19-8-10-20(11-9-19)27-14-2-3-15-27/h4-13H,2-3,14-16H2,1H3,(H2,23,24,25,26). The Kier molecular flexibility index (Phi) is 5.19. The van der Waals surface area contributed by atoms with Gasteiger partial charge in [0.15, 0.2) is 0 Å². The molecule has 2 aromatic carbocycles. The average molecular weight is 359 g/mol. The Hall–Kier alpha value is -3.08. The highest BCUT2D eigenvalue weighted by Crippen LogP contribution is 2.23. The van der Waals surface area contributed by atoms with Crippen LogP contribution in [0.25, 0.3) is 0 Å². The number of aryl methyl sites for hydroxylation is 1. The van der Waals surface area contributed by atoms with Crippen molar-refractivity contribution >= 4 is 23.1 Å². The highest BCUT2D eigenvalue weighted by Gasteiger charge is 2.11. The van der Waals surface area contributed by atoms with Crippen LogP contribution >= 0.6 is 0 Å². The van der Waals surface area contributed by atoms with Crippen molar-refractivity contribution in [2.24, 2.45) is 0 Å². The van der Waals surface area contributed by atoms with Crippen molar-refractivity contribution in [2.75, 3.05) is 28.6 Å². The van der Waals surface area contributed by atoms with Crippen molar-refractivity contribution in [3.8, 4) is 0 Å². The molecule has 1 saturated heterocycles. The lowest BCUT2D eigenvalue weighted by Crippen LogP contribution is -2.17. The number of hydrogen-bond donors (Lipinski definition) is 2. The van der Waals surface area contributed by atoms with Gasteiger partial charge >= 0.3 is 0 Å². The molecule has 0 radical (unpaired) electrons. The molecule has 4 rings (SSSR count). The average Bonchev–Trinajstić information content (AvgIpc) is 3.23. The fourth-order valence-corrected chi connectivity index (χ4v) is 3.28. The summed E-state index contributed by atoms with van der Waals surface area (Å²) in [5.41, 5.74) is 4.77. The molecule has 2 N–H and O–H groups in total. The van der Waals surface area contributed by atoms with Crippen LogP contribution in [0.2, 0.25) is 0 Å². The fourth-order valence-electron chi connectivity index (χ4n) is 3.28. The largest absolute Gasteiger partial charge is 0.372 e. The van der Waals surface area contributed by atoms with E-state index < -0.39 is 0 Å². The van der Waals surface area contributed by atoms with Crippen LogP contribution in [0, 0.1) is 6.92 Å². The summed E-state index contributed by atoms with van der Waals surface area (Å²) in [4.78, 5) is 11.3. The van der Waals surface area contributed by atoms with Gasteiger partial charge in [0.1, 0.15) is 5.82 Å². The van der Waals surface area contributed by atoms with Gasteiger partial charge in [-0.1, -0.05) is 29.8 Å². The van der Waals surface area contributed by atoms with Crippen molar-refractivity contribution in [1.82, 2.24) is 9.97 Å². The Morgan fingerprint density at radius 1 is 0.926 bits per heavy atom. The van der Waals surface area contributed by atoms with E-state index in [1.807, 2.05) is 6.07 Å². The molecule has 3 aromatic rings. The first-order chi connectivity index (χ1) is 13.3. The molecular weight excluding hydrogens is 334 g/mol. The van der Waals surface area contributed by atoms with E-state index in [1.165, 1.54) is 29.7 Å². The highest BCUT2D eigenvalue weighted by atomic mass is 15.2. The molecular formula is C22H25N5. The molecule has 5 nitrogen and oxygen atoms in total. The first-order valence-corrected chi connectivity index (χ1v) is 9.51. The normalized spacial score (nSPS) is 13.6. The summed E-state index contributed by atoms with van der Waals surface area (Å²) in [5.74, 6) is 1.40. The van der Waals surface area contributed by atoms with E-state index in [0.717, 1.165) is 31.1 Å².